The molecule has 3 aromatic rings. The Hall–Kier alpha value is -3.47. The topological polar surface area (TPSA) is 189 Å². The summed E-state index contributed by atoms with van der Waals surface area (Å²) in [6.45, 7) is 0. The molecule has 5 N–H and O–H groups in total. The van der Waals surface area contributed by atoms with Crippen LogP contribution < -0.4 is 26.0 Å². The average Bonchev–Trinajstić information content (AvgIpc) is 2.70. The van der Waals surface area contributed by atoms with E-state index < -0.39 is 65.2 Å². The summed E-state index contributed by atoms with van der Waals surface area (Å²) in [4.78, 5) is 21.9. The Kier molecular flexibility index (Phi) is 6.69. The summed E-state index contributed by atoms with van der Waals surface area (Å²) >= 11 is 0. The maximum Gasteiger partial charge on any atom is 0.417 e. The fourth-order valence-corrected chi connectivity index (χ4v) is 4.74. The Morgan fingerprint density at radius 2 is 1.66 bits per heavy atom. The molecule has 0 fully saturated rings. The highest BCUT2D eigenvalue weighted by molar-refractivity contribution is 7.90. The molecule has 0 spiro atoms. The van der Waals surface area contributed by atoms with E-state index in [0.717, 1.165) is 6.07 Å². The van der Waals surface area contributed by atoms with Crippen LogP contribution in [0.2, 0.25) is 0 Å². The van der Waals surface area contributed by atoms with Crippen LogP contribution in [0.15, 0.2) is 55.4 Å². The number of primary sulfonamides is 2. The predicted molar refractivity (Wildman–Crippen MR) is 116 cm³/mol. The number of nitrogens with one attached hydrogen (secondary N) is 1. The number of fused-ring (bicyclic) bond motifs is 1. The van der Waals surface area contributed by atoms with Crippen molar-refractivity contribution in [1.82, 2.24) is 0 Å². The first-order valence-corrected chi connectivity index (χ1v) is 12.3. The van der Waals surface area contributed by atoms with E-state index in [1.165, 1.54) is 25.3 Å². The van der Waals surface area contributed by atoms with Gasteiger partial charge in [0.15, 0.2) is 0 Å². The van der Waals surface area contributed by atoms with Crippen molar-refractivity contribution < 1.29 is 44.0 Å². The summed E-state index contributed by atoms with van der Waals surface area (Å²) in [7, 11) is -8.49. The Labute approximate surface area is 195 Å². The van der Waals surface area contributed by atoms with Gasteiger partial charge >= 0.3 is 11.8 Å². The molecule has 0 aliphatic rings. The maximum absolute atomic E-state index is 13.5. The first kappa shape index (κ1) is 26.1. The summed E-state index contributed by atoms with van der Waals surface area (Å²) in [5, 5.41) is 12.1. The van der Waals surface area contributed by atoms with E-state index in [-0.39, 0.29) is 23.3 Å². The highest BCUT2D eigenvalue weighted by Crippen LogP contribution is 2.38. The molecule has 2 aromatic carbocycles. The zero-order valence-corrected chi connectivity index (χ0v) is 19.2. The van der Waals surface area contributed by atoms with Crippen LogP contribution >= 0.6 is 0 Å². The molecule has 0 bridgehead atoms. The SMILES string of the molecule is COc1ccc2c(CC(=O)Nc3cc(C(F)(F)F)c(S(N)(=O)=O)cc3S(N)(=O)=O)cc(=O)oc2c1. The van der Waals surface area contributed by atoms with Crippen LogP contribution in [0, 0.1) is 0 Å². The number of anilines is 1. The minimum absolute atomic E-state index is 0.0572. The lowest BCUT2D eigenvalue weighted by Crippen LogP contribution is -2.24. The highest BCUT2D eigenvalue weighted by atomic mass is 32.2. The van der Waals surface area contributed by atoms with Crippen molar-refractivity contribution >= 4 is 42.6 Å². The van der Waals surface area contributed by atoms with Crippen LogP contribution in [0.5, 0.6) is 5.75 Å². The third-order valence-corrected chi connectivity index (χ3v) is 6.56. The Morgan fingerprint density at radius 3 is 2.20 bits per heavy atom. The van der Waals surface area contributed by atoms with E-state index >= 15 is 0 Å². The molecule has 0 saturated carbocycles. The van der Waals surface area contributed by atoms with Crippen LogP contribution in [0.4, 0.5) is 18.9 Å². The smallest absolute Gasteiger partial charge is 0.417 e. The fraction of sp³-hybridized carbons (Fsp3) is 0.158. The molecule has 0 saturated heterocycles. The minimum atomic E-state index is -5.29. The second-order valence-corrected chi connectivity index (χ2v) is 10.2. The molecule has 0 radical (unpaired) electrons. The summed E-state index contributed by atoms with van der Waals surface area (Å²) in [5.41, 5.74) is -3.44. The molecule has 188 valence electrons. The molecule has 11 nitrogen and oxygen atoms in total. The number of sulfonamides is 2. The summed E-state index contributed by atoms with van der Waals surface area (Å²) < 4.78 is 97.8. The second-order valence-electron chi connectivity index (χ2n) is 7.11. The van der Waals surface area contributed by atoms with E-state index in [1.54, 1.807) is 0 Å². The molecule has 35 heavy (non-hydrogen) atoms. The maximum atomic E-state index is 13.5. The van der Waals surface area contributed by atoms with Gasteiger partial charge in [-0.1, -0.05) is 0 Å². The number of nitrogens with two attached hydrogens (primary N) is 2. The van der Waals surface area contributed by atoms with E-state index in [0.29, 0.717) is 11.1 Å². The average molecular weight is 535 g/mol. The Balaban J connectivity index is 2.10. The van der Waals surface area contributed by atoms with Crippen molar-refractivity contribution in [2.24, 2.45) is 10.3 Å². The van der Waals surface area contributed by atoms with Gasteiger partial charge in [-0.2, -0.15) is 13.2 Å². The number of amides is 1. The first-order chi connectivity index (χ1) is 16.0. The van der Waals surface area contributed by atoms with Gasteiger partial charge in [0.1, 0.15) is 16.2 Å². The van der Waals surface area contributed by atoms with Crippen molar-refractivity contribution in [1.29, 1.82) is 0 Å². The van der Waals surface area contributed by atoms with Crippen LogP contribution in [0.25, 0.3) is 11.0 Å². The third kappa shape index (κ3) is 5.79. The van der Waals surface area contributed by atoms with Gasteiger partial charge in [0.2, 0.25) is 26.0 Å². The van der Waals surface area contributed by atoms with Gasteiger partial charge in [0, 0.05) is 17.5 Å². The Morgan fingerprint density at radius 1 is 1.03 bits per heavy atom. The van der Waals surface area contributed by atoms with Crippen molar-refractivity contribution in [2.45, 2.75) is 22.4 Å². The lowest BCUT2D eigenvalue weighted by molar-refractivity contribution is -0.140. The lowest BCUT2D eigenvalue weighted by atomic mass is 10.1. The normalized spacial score (nSPS) is 12.5. The molecule has 0 aliphatic carbocycles. The van der Waals surface area contributed by atoms with Gasteiger partial charge in [-0.15, -0.1) is 0 Å². The number of rotatable bonds is 6. The van der Waals surface area contributed by atoms with Gasteiger partial charge in [0.25, 0.3) is 0 Å². The first-order valence-electron chi connectivity index (χ1n) is 9.22. The number of methoxy groups -OCH3 is 1. The second kappa shape index (κ2) is 8.95. The third-order valence-electron chi connectivity index (χ3n) is 4.66. The van der Waals surface area contributed by atoms with Gasteiger partial charge in [-0.3, -0.25) is 4.79 Å². The molecule has 3 rings (SSSR count). The number of alkyl halides is 3. The van der Waals surface area contributed by atoms with Crippen molar-refractivity contribution in [2.75, 3.05) is 12.4 Å². The van der Waals surface area contributed by atoms with Crippen molar-refractivity contribution in [3.8, 4) is 5.75 Å². The van der Waals surface area contributed by atoms with E-state index in [1.807, 2.05) is 5.32 Å². The fourth-order valence-electron chi connectivity index (χ4n) is 3.20. The zero-order valence-electron chi connectivity index (χ0n) is 17.5. The Bertz CT molecular complexity index is 1610. The predicted octanol–water partition coefficient (Wildman–Crippen LogP) is 1.30. The molecule has 0 unspecified atom stereocenters. The monoisotopic (exact) mass is 535 g/mol. The van der Waals surface area contributed by atoms with E-state index in [9.17, 15) is 39.6 Å². The molecular weight excluding hydrogens is 519 g/mol. The molecule has 1 aromatic heterocycles. The number of halogens is 3. The standard InChI is InChI=1S/C19H16F3N3O8S2/c1-32-10-2-3-11-9(5-18(27)33-14(11)6-10)4-17(26)25-13-7-12(19(20,21)22)15(34(23,28)29)8-16(13)35(24,30)31/h2-3,5-8H,4H2,1H3,(H,25,26)(H2,23,28,29)(H2,24,30,31). The number of hydrogen-bond donors (Lipinski definition) is 3. The number of hydrogen-bond acceptors (Lipinski definition) is 8. The number of carbonyl (C=O) groups is 1. The molecular formula is C19H16F3N3O8S2. The van der Waals surface area contributed by atoms with E-state index in [4.69, 9.17) is 19.4 Å². The van der Waals surface area contributed by atoms with Crippen LogP contribution in [-0.4, -0.2) is 29.9 Å². The number of carbonyl (C=O) groups excluding carboxylic acids is 1. The quantitative estimate of drug-likeness (QED) is 0.394. The summed E-state index contributed by atoms with van der Waals surface area (Å²) in [6, 6.07) is 5.53. The number of benzene rings is 2. The molecule has 1 heterocycles. The zero-order chi connectivity index (χ0) is 26.3. The summed E-state index contributed by atoms with van der Waals surface area (Å²) in [6.07, 6.45) is -5.89. The number of ether oxygens (including phenoxy) is 1. The molecule has 0 atom stereocenters. The van der Waals surface area contributed by atoms with Crippen LogP contribution in [0.3, 0.4) is 0 Å². The lowest BCUT2D eigenvalue weighted by Gasteiger charge is -2.17. The molecule has 0 aliphatic heterocycles. The minimum Gasteiger partial charge on any atom is -0.497 e. The van der Waals surface area contributed by atoms with Crippen LogP contribution in [-0.2, 0) is 37.4 Å². The summed E-state index contributed by atoms with van der Waals surface area (Å²) in [5.74, 6) is -0.705. The highest BCUT2D eigenvalue weighted by Gasteiger charge is 2.38. The van der Waals surface area contributed by atoms with Gasteiger partial charge in [0.05, 0.1) is 29.7 Å². The molecule has 1 amide bonds. The van der Waals surface area contributed by atoms with Gasteiger partial charge in [-0.05, 0) is 29.8 Å². The van der Waals surface area contributed by atoms with Gasteiger partial charge < -0.3 is 14.5 Å². The van der Waals surface area contributed by atoms with Crippen LogP contribution in [0.1, 0.15) is 11.1 Å². The van der Waals surface area contributed by atoms with Crippen molar-refractivity contribution in [3.05, 3.63) is 57.9 Å². The largest absolute Gasteiger partial charge is 0.497 e. The van der Waals surface area contributed by atoms with Gasteiger partial charge in [-0.25, -0.2) is 31.9 Å². The molecule has 16 heteroatoms. The van der Waals surface area contributed by atoms with Crippen molar-refractivity contribution in [3.63, 3.8) is 0 Å². The van der Waals surface area contributed by atoms with E-state index in [2.05, 4.69) is 0 Å².